The van der Waals surface area contributed by atoms with Gasteiger partial charge in [-0.1, -0.05) is 12.1 Å². The summed E-state index contributed by atoms with van der Waals surface area (Å²) in [5.41, 5.74) is 0.752. The number of amides is 2. The van der Waals surface area contributed by atoms with Gasteiger partial charge in [-0.05, 0) is 26.0 Å². The Morgan fingerprint density at radius 1 is 1.36 bits per heavy atom. The topological polar surface area (TPSA) is 91.8 Å². The van der Waals surface area contributed by atoms with Gasteiger partial charge in [-0.3, -0.25) is 19.2 Å². The number of carboxylic acid groups (broad SMARTS) is 1. The van der Waals surface area contributed by atoms with Gasteiger partial charge < -0.3 is 5.11 Å². The van der Waals surface area contributed by atoms with E-state index in [1.165, 1.54) is 19.9 Å². The van der Waals surface area contributed by atoms with Gasteiger partial charge in [0.25, 0.3) is 0 Å². The van der Waals surface area contributed by atoms with Crippen LogP contribution in [0, 0.1) is 0 Å². The molecule has 2 unspecified atom stereocenters. The van der Waals surface area contributed by atoms with Crippen molar-refractivity contribution in [1.82, 2.24) is 0 Å². The van der Waals surface area contributed by atoms with Crippen molar-refractivity contribution in [3.8, 4) is 0 Å². The number of thioether (sulfide) groups is 1. The SMILES string of the molecule is CC(=O)c1cccc(N2C(=O)CC(SC(C)C(=O)O)C2=O)c1. The highest BCUT2D eigenvalue weighted by atomic mass is 32.2. The number of Topliss-reactive ketones (excluding diaryl/α,β-unsaturated/α-hetero) is 1. The lowest BCUT2D eigenvalue weighted by molar-refractivity contribution is -0.136. The molecule has 0 radical (unpaired) electrons. The lowest BCUT2D eigenvalue weighted by Crippen LogP contribution is -2.32. The quantitative estimate of drug-likeness (QED) is 0.656. The number of hydrogen-bond acceptors (Lipinski definition) is 5. The monoisotopic (exact) mass is 321 g/mol. The van der Waals surface area contributed by atoms with E-state index in [2.05, 4.69) is 0 Å². The first-order valence-electron chi connectivity index (χ1n) is 6.67. The van der Waals surface area contributed by atoms with Gasteiger partial charge in [0, 0.05) is 12.0 Å². The van der Waals surface area contributed by atoms with E-state index in [0.717, 1.165) is 16.7 Å². The molecule has 1 aromatic rings. The van der Waals surface area contributed by atoms with E-state index < -0.39 is 22.4 Å². The Labute approximate surface area is 131 Å². The van der Waals surface area contributed by atoms with Crippen molar-refractivity contribution in [2.75, 3.05) is 4.90 Å². The summed E-state index contributed by atoms with van der Waals surface area (Å²) >= 11 is 0.958. The third-order valence-electron chi connectivity index (χ3n) is 3.33. The zero-order valence-corrected chi connectivity index (χ0v) is 12.9. The molecule has 6 nitrogen and oxygen atoms in total. The maximum atomic E-state index is 12.4. The van der Waals surface area contributed by atoms with E-state index in [1.54, 1.807) is 18.2 Å². The first kappa shape index (κ1) is 16.2. The number of carbonyl (C=O) groups is 4. The second kappa shape index (κ2) is 6.31. The number of rotatable bonds is 5. The number of imide groups is 1. The van der Waals surface area contributed by atoms with Crippen LogP contribution in [0.2, 0.25) is 0 Å². The molecule has 22 heavy (non-hydrogen) atoms. The van der Waals surface area contributed by atoms with Crippen LogP contribution in [0.4, 0.5) is 5.69 Å². The van der Waals surface area contributed by atoms with Crippen molar-refractivity contribution in [2.24, 2.45) is 0 Å². The average Bonchev–Trinajstić information content (AvgIpc) is 2.73. The molecule has 7 heteroatoms. The number of benzene rings is 1. The Hall–Kier alpha value is -2.15. The highest BCUT2D eigenvalue weighted by Gasteiger charge is 2.41. The van der Waals surface area contributed by atoms with E-state index in [-0.39, 0.29) is 18.1 Å². The van der Waals surface area contributed by atoms with Crippen LogP contribution in [0.5, 0.6) is 0 Å². The molecule has 0 saturated carbocycles. The molecule has 1 fully saturated rings. The second-order valence-corrected chi connectivity index (χ2v) is 6.53. The van der Waals surface area contributed by atoms with Gasteiger partial charge in [-0.2, -0.15) is 0 Å². The molecule has 2 rings (SSSR count). The molecular weight excluding hydrogens is 306 g/mol. The summed E-state index contributed by atoms with van der Waals surface area (Å²) in [5, 5.41) is 7.43. The Balaban J connectivity index is 2.24. The van der Waals surface area contributed by atoms with E-state index in [1.807, 2.05) is 0 Å². The van der Waals surface area contributed by atoms with Gasteiger partial charge in [0.15, 0.2) is 5.78 Å². The largest absolute Gasteiger partial charge is 0.480 e. The minimum absolute atomic E-state index is 0.0363. The molecule has 2 amide bonds. The van der Waals surface area contributed by atoms with Crippen LogP contribution in [0.1, 0.15) is 30.6 Å². The Morgan fingerprint density at radius 3 is 2.64 bits per heavy atom. The van der Waals surface area contributed by atoms with Crippen LogP contribution >= 0.6 is 11.8 Å². The number of ketones is 1. The summed E-state index contributed by atoms with van der Waals surface area (Å²) in [6.07, 6.45) is -0.0363. The van der Waals surface area contributed by atoms with Crippen LogP contribution < -0.4 is 4.90 Å². The molecular formula is C15H15NO5S. The maximum Gasteiger partial charge on any atom is 0.316 e. The first-order chi connectivity index (χ1) is 10.3. The number of hydrogen-bond donors (Lipinski definition) is 1. The van der Waals surface area contributed by atoms with Crippen LogP contribution in [0.15, 0.2) is 24.3 Å². The zero-order valence-electron chi connectivity index (χ0n) is 12.1. The van der Waals surface area contributed by atoms with E-state index >= 15 is 0 Å². The fourth-order valence-corrected chi connectivity index (χ4v) is 3.22. The smallest absolute Gasteiger partial charge is 0.316 e. The van der Waals surface area contributed by atoms with Crippen molar-refractivity contribution in [1.29, 1.82) is 0 Å². The fraction of sp³-hybridized carbons (Fsp3) is 0.333. The molecule has 1 N–H and O–H groups in total. The third-order valence-corrected chi connectivity index (χ3v) is 4.64. The van der Waals surface area contributed by atoms with Gasteiger partial charge in [-0.25, -0.2) is 4.90 Å². The standard InChI is InChI=1S/C15H15NO5S/c1-8(17)10-4-3-5-11(6-10)16-13(18)7-12(14(16)19)22-9(2)15(20)21/h3-6,9,12H,7H2,1-2H3,(H,20,21). The van der Waals surface area contributed by atoms with Crippen molar-refractivity contribution in [2.45, 2.75) is 30.8 Å². The fourth-order valence-electron chi connectivity index (χ4n) is 2.15. The predicted octanol–water partition coefficient (Wildman–Crippen LogP) is 1.73. The number of aliphatic carboxylic acids is 1. The highest BCUT2D eigenvalue weighted by Crippen LogP contribution is 2.32. The van der Waals surface area contributed by atoms with Gasteiger partial charge in [-0.15, -0.1) is 11.8 Å². The van der Waals surface area contributed by atoms with Crippen LogP contribution in [-0.4, -0.2) is 39.2 Å². The van der Waals surface area contributed by atoms with Crippen LogP contribution in [-0.2, 0) is 14.4 Å². The molecule has 1 saturated heterocycles. The van der Waals surface area contributed by atoms with E-state index in [0.29, 0.717) is 11.3 Å². The lowest BCUT2D eigenvalue weighted by Gasteiger charge is -2.16. The number of carboxylic acids is 1. The maximum absolute atomic E-state index is 12.4. The minimum atomic E-state index is -1.03. The lowest BCUT2D eigenvalue weighted by atomic mass is 10.1. The Kier molecular flexibility index (Phi) is 4.65. The van der Waals surface area contributed by atoms with Gasteiger partial charge in [0.1, 0.15) is 5.25 Å². The van der Waals surface area contributed by atoms with Crippen molar-refractivity contribution >= 4 is 41.0 Å². The first-order valence-corrected chi connectivity index (χ1v) is 7.61. The van der Waals surface area contributed by atoms with Crippen molar-refractivity contribution in [3.63, 3.8) is 0 Å². The van der Waals surface area contributed by atoms with Crippen LogP contribution in [0.25, 0.3) is 0 Å². The molecule has 2 atom stereocenters. The predicted molar refractivity (Wildman–Crippen MR) is 82.0 cm³/mol. The Bertz CT molecular complexity index is 657. The average molecular weight is 321 g/mol. The van der Waals surface area contributed by atoms with Crippen LogP contribution in [0.3, 0.4) is 0 Å². The molecule has 1 aliphatic heterocycles. The summed E-state index contributed by atoms with van der Waals surface area (Å²) < 4.78 is 0. The second-order valence-electron chi connectivity index (χ2n) is 4.98. The molecule has 116 valence electrons. The van der Waals surface area contributed by atoms with Gasteiger partial charge >= 0.3 is 5.97 Å². The molecule has 0 aliphatic carbocycles. The van der Waals surface area contributed by atoms with Crippen molar-refractivity contribution < 1.29 is 24.3 Å². The summed E-state index contributed by atoms with van der Waals surface area (Å²) in [5.74, 6) is -2.02. The minimum Gasteiger partial charge on any atom is -0.480 e. The van der Waals surface area contributed by atoms with E-state index in [4.69, 9.17) is 5.11 Å². The normalized spacial score (nSPS) is 19.4. The molecule has 1 aliphatic rings. The summed E-state index contributed by atoms with van der Waals surface area (Å²) in [7, 11) is 0. The third kappa shape index (κ3) is 3.19. The van der Waals surface area contributed by atoms with E-state index in [9.17, 15) is 19.2 Å². The van der Waals surface area contributed by atoms with Gasteiger partial charge in [0.05, 0.1) is 10.9 Å². The summed E-state index contributed by atoms with van der Waals surface area (Å²) in [4.78, 5) is 47.8. The molecule has 0 aromatic heterocycles. The van der Waals surface area contributed by atoms with Gasteiger partial charge in [0.2, 0.25) is 11.8 Å². The Morgan fingerprint density at radius 2 is 2.05 bits per heavy atom. The molecule has 1 aromatic carbocycles. The molecule has 1 heterocycles. The summed E-state index contributed by atoms with van der Waals surface area (Å²) in [6.45, 7) is 2.88. The summed E-state index contributed by atoms with van der Waals surface area (Å²) in [6, 6.07) is 6.28. The number of anilines is 1. The number of carbonyl (C=O) groups excluding carboxylic acids is 3. The molecule has 0 bridgehead atoms. The highest BCUT2D eigenvalue weighted by molar-refractivity contribution is 8.01. The number of nitrogens with zero attached hydrogens (tertiary/aromatic N) is 1. The zero-order chi connectivity index (χ0) is 16.4. The van der Waals surface area contributed by atoms with Crippen molar-refractivity contribution in [3.05, 3.63) is 29.8 Å². The molecule has 0 spiro atoms.